The second kappa shape index (κ2) is 5.18. The molecule has 1 fully saturated rings. The second-order valence-corrected chi connectivity index (χ2v) is 6.28. The Morgan fingerprint density at radius 1 is 1.32 bits per heavy atom. The molecule has 7 heteroatoms. The van der Waals surface area contributed by atoms with E-state index in [1.54, 1.807) is 0 Å². The Kier molecular flexibility index (Phi) is 3.77. The number of carbonyl (C=O) groups is 1. The highest BCUT2D eigenvalue weighted by molar-refractivity contribution is 7.89. The molecule has 1 aromatic rings. The van der Waals surface area contributed by atoms with Crippen molar-refractivity contribution < 1.29 is 17.9 Å². The van der Waals surface area contributed by atoms with E-state index in [2.05, 4.69) is 0 Å². The fourth-order valence-corrected chi connectivity index (χ4v) is 3.66. The van der Waals surface area contributed by atoms with Crippen molar-refractivity contribution in [2.75, 3.05) is 20.2 Å². The number of primary amides is 1. The first kappa shape index (κ1) is 13.8. The van der Waals surface area contributed by atoms with Gasteiger partial charge in [0.1, 0.15) is 5.75 Å². The molecule has 1 saturated heterocycles. The molecule has 0 bridgehead atoms. The molecular formula is C12H16N2O4S. The summed E-state index contributed by atoms with van der Waals surface area (Å²) >= 11 is 0. The number of nitrogens with two attached hydrogens (primary N) is 1. The highest BCUT2D eigenvalue weighted by Gasteiger charge is 2.28. The maximum atomic E-state index is 12.3. The maximum absolute atomic E-state index is 12.3. The van der Waals surface area contributed by atoms with Gasteiger partial charge in [0.25, 0.3) is 5.91 Å². The van der Waals surface area contributed by atoms with Crippen LogP contribution in [0.4, 0.5) is 0 Å². The minimum absolute atomic E-state index is 0.0720. The Hall–Kier alpha value is -1.60. The Labute approximate surface area is 112 Å². The van der Waals surface area contributed by atoms with E-state index in [0.29, 0.717) is 13.1 Å². The molecule has 19 heavy (non-hydrogen) atoms. The highest BCUT2D eigenvalue weighted by Crippen LogP contribution is 2.26. The summed E-state index contributed by atoms with van der Waals surface area (Å²) in [4.78, 5) is 11.4. The number of methoxy groups -OCH3 is 1. The molecule has 1 aromatic carbocycles. The van der Waals surface area contributed by atoms with Crippen molar-refractivity contribution in [3.63, 3.8) is 0 Å². The number of amides is 1. The minimum atomic E-state index is -3.55. The average molecular weight is 284 g/mol. The molecule has 6 nitrogen and oxygen atoms in total. The molecule has 104 valence electrons. The predicted molar refractivity (Wildman–Crippen MR) is 69.5 cm³/mol. The molecule has 0 aliphatic carbocycles. The molecular weight excluding hydrogens is 268 g/mol. The third kappa shape index (κ3) is 2.57. The third-order valence-electron chi connectivity index (χ3n) is 3.14. The number of sulfonamides is 1. The first-order valence-corrected chi connectivity index (χ1v) is 7.39. The topological polar surface area (TPSA) is 89.7 Å². The van der Waals surface area contributed by atoms with E-state index in [-0.39, 0.29) is 16.2 Å². The fourth-order valence-electron chi connectivity index (χ4n) is 2.12. The summed E-state index contributed by atoms with van der Waals surface area (Å²) in [6.45, 7) is 1.03. The Balaban J connectivity index is 2.45. The zero-order chi connectivity index (χ0) is 14.0. The summed E-state index contributed by atoms with van der Waals surface area (Å²) in [6.07, 6.45) is 1.72. The van der Waals surface area contributed by atoms with Crippen LogP contribution in [0.3, 0.4) is 0 Å². The predicted octanol–water partition coefficient (Wildman–Crippen LogP) is 0.579. The van der Waals surface area contributed by atoms with Crippen molar-refractivity contribution in [3.05, 3.63) is 23.8 Å². The average Bonchev–Trinajstić information content (AvgIpc) is 2.92. The van der Waals surface area contributed by atoms with Crippen LogP contribution >= 0.6 is 0 Å². The van der Waals surface area contributed by atoms with Crippen LogP contribution in [0.25, 0.3) is 0 Å². The first-order valence-electron chi connectivity index (χ1n) is 5.95. The SMILES string of the molecule is COc1ccc(S(=O)(=O)N2CCCC2)cc1C(N)=O. The molecule has 1 heterocycles. The molecule has 0 spiro atoms. The van der Waals surface area contributed by atoms with Gasteiger partial charge in [-0.3, -0.25) is 4.79 Å². The van der Waals surface area contributed by atoms with Crippen molar-refractivity contribution in [3.8, 4) is 5.75 Å². The van der Waals surface area contributed by atoms with Crippen LogP contribution in [-0.2, 0) is 10.0 Å². The second-order valence-electron chi connectivity index (χ2n) is 4.34. The number of benzene rings is 1. The van der Waals surface area contributed by atoms with Crippen LogP contribution < -0.4 is 10.5 Å². The van der Waals surface area contributed by atoms with Crippen LogP contribution in [0.1, 0.15) is 23.2 Å². The van der Waals surface area contributed by atoms with Gasteiger partial charge >= 0.3 is 0 Å². The van der Waals surface area contributed by atoms with Crippen LogP contribution in [0.5, 0.6) is 5.75 Å². The summed E-state index contributed by atoms with van der Waals surface area (Å²) < 4.78 is 31.1. The molecule has 2 N–H and O–H groups in total. The van der Waals surface area contributed by atoms with Crippen molar-refractivity contribution >= 4 is 15.9 Å². The van der Waals surface area contributed by atoms with Crippen molar-refractivity contribution in [2.45, 2.75) is 17.7 Å². The Morgan fingerprint density at radius 2 is 1.95 bits per heavy atom. The summed E-state index contributed by atoms with van der Waals surface area (Å²) in [5.74, 6) is -0.441. The van der Waals surface area contributed by atoms with Gasteiger partial charge in [-0.2, -0.15) is 4.31 Å². The molecule has 1 aliphatic heterocycles. The van der Waals surface area contributed by atoms with Gasteiger partial charge in [0.15, 0.2) is 0 Å². The largest absolute Gasteiger partial charge is 0.496 e. The number of rotatable bonds is 4. The van der Waals surface area contributed by atoms with Crippen LogP contribution in [-0.4, -0.2) is 38.8 Å². The summed E-state index contributed by atoms with van der Waals surface area (Å²) in [6, 6.07) is 4.15. The lowest BCUT2D eigenvalue weighted by molar-refractivity contribution is 0.0997. The number of nitrogens with zero attached hydrogens (tertiary/aromatic N) is 1. The van der Waals surface area contributed by atoms with Crippen molar-refractivity contribution in [1.82, 2.24) is 4.31 Å². The van der Waals surface area contributed by atoms with Crippen LogP contribution in [0.2, 0.25) is 0 Å². The zero-order valence-electron chi connectivity index (χ0n) is 10.6. The zero-order valence-corrected chi connectivity index (χ0v) is 11.4. The van der Waals surface area contributed by atoms with E-state index in [4.69, 9.17) is 10.5 Å². The van der Waals surface area contributed by atoms with Gasteiger partial charge in [0.05, 0.1) is 17.6 Å². The van der Waals surface area contributed by atoms with Gasteiger partial charge in [-0.25, -0.2) is 8.42 Å². The third-order valence-corrected chi connectivity index (χ3v) is 5.03. The lowest BCUT2D eigenvalue weighted by Crippen LogP contribution is -2.28. The summed E-state index contributed by atoms with van der Waals surface area (Å²) in [5, 5.41) is 0. The van der Waals surface area contributed by atoms with E-state index in [9.17, 15) is 13.2 Å². The van der Waals surface area contributed by atoms with Crippen LogP contribution in [0.15, 0.2) is 23.1 Å². The first-order chi connectivity index (χ1) is 8.96. The number of hydrogen-bond acceptors (Lipinski definition) is 4. The quantitative estimate of drug-likeness (QED) is 0.875. The molecule has 0 atom stereocenters. The molecule has 0 saturated carbocycles. The molecule has 0 radical (unpaired) electrons. The summed E-state index contributed by atoms with van der Waals surface area (Å²) in [7, 11) is -2.15. The Bertz CT molecular complexity index is 592. The van der Waals surface area contributed by atoms with Gasteiger partial charge in [0, 0.05) is 13.1 Å². The van der Waals surface area contributed by atoms with Crippen LogP contribution in [0, 0.1) is 0 Å². The van der Waals surface area contributed by atoms with E-state index in [0.717, 1.165) is 12.8 Å². The smallest absolute Gasteiger partial charge is 0.252 e. The number of carbonyl (C=O) groups excluding carboxylic acids is 1. The van der Waals surface area contributed by atoms with Gasteiger partial charge in [-0.05, 0) is 31.0 Å². The van der Waals surface area contributed by atoms with Gasteiger partial charge in [-0.1, -0.05) is 0 Å². The van der Waals surface area contributed by atoms with E-state index < -0.39 is 15.9 Å². The fraction of sp³-hybridized carbons (Fsp3) is 0.417. The van der Waals surface area contributed by atoms with E-state index in [1.165, 1.54) is 29.6 Å². The van der Waals surface area contributed by atoms with Crippen molar-refractivity contribution in [1.29, 1.82) is 0 Å². The molecule has 0 aromatic heterocycles. The minimum Gasteiger partial charge on any atom is -0.496 e. The van der Waals surface area contributed by atoms with Gasteiger partial charge in [-0.15, -0.1) is 0 Å². The standard InChI is InChI=1S/C12H16N2O4S/c1-18-11-5-4-9(8-10(11)12(13)15)19(16,17)14-6-2-3-7-14/h4-5,8H,2-3,6-7H2,1H3,(H2,13,15). The summed E-state index contributed by atoms with van der Waals surface area (Å²) in [5.41, 5.74) is 5.30. The van der Waals surface area contributed by atoms with E-state index >= 15 is 0 Å². The van der Waals surface area contributed by atoms with Gasteiger partial charge in [0.2, 0.25) is 10.0 Å². The molecule has 1 amide bonds. The number of hydrogen-bond donors (Lipinski definition) is 1. The van der Waals surface area contributed by atoms with Crippen molar-refractivity contribution in [2.24, 2.45) is 5.73 Å². The number of ether oxygens (including phenoxy) is 1. The lowest BCUT2D eigenvalue weighted by Gasteiger charge is -2.16. The lowest BCUT2D eigenvalue weighted by atomic mass is 10.2. The monoisotopic (exact) mass is 284 g/mol. The highest BCUT2D eigenvalue weighted by atomic mass is 32.2. The molecule has 2 rings (SSSR count). The van der Waals surface area contributed by atoms with E-state index in [1.807, 2.05) is 0 Å². The Morgan fingerprint density at radius 3 is 2.47 bits per heavy atom. The normalized spacial score (nSPS) is 16.5. The van der Waals surface area contributed by atoms with Gasteiger partial charge < -0.3 is 10.5 Å². The molecule has 0 unspecified atom stereocenters. The maximum Gasteiger partial charge on any atom is 0.252 e. The molecule has 1 aliphatic rings.